The number of amides is 1. The highest BCUT2D eigenvalue weighted by Crippen LogP contribution is 2.29. The van der Waals surface area contributed by atoms with Crippen LogP contribution in [0, 0.1) is 12.7 Å². The van der Waals surface area contributed by atoms with Crippen molar-refractivity contribution in [1.82, 2.24) is 19.8 Å². The van der Waals surface area contributed by atoms with Crippen LogP contribution in [-0.4, -0.2) is 25.7 Å². The molecule has 146 valence electrons. The summed E-state index contributed by atoms with van der Waals surface area (Å²) >= 11 is 5.88. The monoisotopic (exact) mass is 409 g/mol. The molecule has 2 aromatic carbocycles. The van der Waals surface area contributed by atoms with Crippen LogP contribution in [0.15, 0.2) is 48.5 Å². The van der Waals surface area contributed by atoms with Crippen LogP contribution < -0.4 is 5.32 Å². The van der Waals surface area contributed by atoms with Crippen LogP contribution in [0.25, 0.3) is 16.8 Å². The van der Waals surface area contributed by atoms with Crippen molar-refractivity contribution in [2.24, 2.45) is 0 Å². The summed E-state index contributed by atoms with van der Waals surface area (Å²) in [5.74, 6) is -0.706. The lowest BCUT2D eigenvalue weighted by atomic mass is 10.0. The van der Waals surface area contributed by atoms with E-state index in [1.807, 2.05) is 6.92 Å². The predicted molar refractivity (Wildman–Crippen MR) is 110 cm³/mol. The number of nitrogens with one attached hydrogen (secondary N) is 1. The van der Waals surface area contributed by atoms with Gasteiger partial charge in [-0.3, -0.25) is 4.79 Å². The maximum absolute atomic E-state index is 13.3. The van der Waals surface area contributed by atoms with Crippen LogP contribution in [-0.2, 0) is 6.42 Å². The van der Waals surface area contributed by atoms with E-state index in [9.17, 15) is 9.18 Å². The van der Waals surface area contributed by atoms with Gasteiger partial charge < -0.3 is 5.32 Å². The average molecular weight is 410 g/mol. The molecule has 0 fully saturated rings. The van der Waals surface area contributed by atoms with Gasteiger partial charge in [0.1, 0.15) is 5.82 Å². The second-order valence-corrected chi connectivity index (χ2v) is 6.95. The number of aryl methyl sites for hydroxylation is 2. The number of carbonyl (C=O) groups is 1. The molecule has 0 aliphatic heterocycles. The average Bonchev–Trinajstić information content (AvgIpc) is 3.10. The fourth-order valence-electron chi connectivity index (χ4n) is 3.14. The van der Waals surface area contributed by atoms with E-state index in [1.165, 1.54) is 12.1 Å². The summed E-state index contributed by atoms with van der Waals surface area (Å²) < 4.78 is 14.9. The van der Waals surface area contributed by atoms with E-state index < -0.39 is 5.91 Å². The number of hydrogen-bond donors (Lipinski definition) is 1. The van der Waals surface area contributed by atoms with E-state index in [1.54, 1.807) is 47.8 Å². The smallest absolute Gasteiger partial charge is 0.278 e. The number of rotatable bonds is 4. The molecule has 0 aliphatic rings. The van der Waals surface area contributed by atoms with Crippen LogP contribution in [0.1, 0.15) is 28.8 Å². The van der Waals surface area contributed by atoms with Crippen molar-refractivity contribution in [2.75, 3.05) is 5.32 Å². The third kappa shape index (κ3) is 3.56. The quantitative estimate of drug-likeness (QED) is 0.530. The normalized spacial score (nSPS) is 11.0. The first-order valence-corrected chi connectivity index (χ1v) is 9.43. The highest BCUT2D eigenvalue weighted by Gasteiger charge is 2.21. The van der Waals surface area contributed by atoms with Gasteiger partial charge in [0.05, 0.1) is 17.0 Å². The zero-order chi connectivity index (χ0) is 20.5. The standard InChI is InChI=1S/C21H17ClFN5O/c1-3-17-18(13-4-8-15(23)9-5-13)20-26-25-19(12(2)28(20)27-17)21(29)24-16-10-6-14(22)7-11-16/h4-11H,3H2,1-2H3,(H,24,29). The van der Waals surface area contributed by atoms with Crippen LogP contribution in [0.3, 0.4) is 0 Å². The van der Waals surface area contributed by atoms with Gasteiger partial charge in [-0.2, -0.15) is 5.10 Å². The summed E-state index contributed by atoms with van der Waals surface area (Å²) in [6, 6.07) is 12.9. The zero-order valence-electron chi connectivity index (χ0n) is 15.8. The van der Waals surface area contributed by atoms with Crippen LogP contribution in [0.4, 0.5) is 10.1 Å². The first kappa shape index (κ1) is 19.0. The number of hydrogen-bond acceptors (Lipinski definition) is 4. The van der Waals surface area contributed by atoms with Gasteiger partial charge in [0.15, 0.2) is 11.3 Å². The highest BCUT2D eigenvalue weighted by molar-refractivity contribution is 6.30. The number of benzene rings is 2. The van der Waals surface area contributed by atoms with E-state index in [-0.39, 0.29) is 11.5 Å². The molecular weight excluding hydrogens is 393 g/mol. The largest absolute Gasteiger partial charge is 0.321 e. The molecule has 8 heteroatoms. The second-order valence-electron chi connectivity index (χ2n) is 6.51. The summed E-state index contributed by atoms with van der Waals surface area (Å²) in [6.45, 7) is 3.74. The van der Waals surface area contributed by atoms with Gasteiger partial charge in [0, 0.05) is 10.7 Å². The number of carbonyl (C=O) groups excluding carboxylic acids is 1. The van der Waals surface area contributed by atoms with E-state index in [4.69, 9.17) is 11.6 Å². The minimum Gasteiger partial charge on any atom is -0.321 e. The van der Waals surface area contributed by atoms with Crippen molar-refractivity contribution in [1.29, 1.82) is 0 Å². The second kappa shape index (κ2) is 7.60. The molecule has 0 spiro atoms. The number of nitrogens with zero attached hydrogens (tertiary/aromatic N) is 4. The Labute approximate surface area is 171 Å². The van der Waals surface area contributed by atoms with Crippen molar-refractivity contribution in [3.63, 3.8) is 0 Å². The molecule has 29 heavy (non-hydrogen) atoms. The molecule has 4 rings (SSSR count). The summed E-state index contributed by atoms with van der Waals surface area (Å²) in [5.41, 5.74) is 4.23. The van der Waals surface area contributed by atoms with Crippen molar-refractivity contribution in [2.45, 2.75) is 20.3 Å². The Balaban J connectivity index is 1.77. The minimum atomic E-state index is -0.392. The lowest BCUT2D eigenvalue weighted by molar-refractivity contribution is 0.102. The van der Waals surface area contributed by atoms with Crippen LogP contribution in [0.2, 0.25) is 5.02 Å². The third-order valence-corrected chi connectivity index (χ3v) is 4.88. The Hall–Kier alpha value is -3.32. The van der Waals surface area contributed by atoms with Gasteiger partial charge in [-0.05, 0) is 55.3 Å². The van der Waals surface area contributed by atoms with Crippen LogP contribution in [0.5, 0.6) is 0 Å². The predicted octanol–water partition coefficient (Wildman–Crippen LogP) is 4.71. The van der Waals surface area contributed by atoms with E-state index in [0.29, 0.717) is 28.5 Å². The molecule has 4 aromatic rings. The SMILES string of the molecule is CCc1nn2c(C)c(C(=O)Nc3ccc(Cl)cc3)nnc2c1-c1ccc(F)cc1. The van der Waals surface area contributed by atoms with Gasteiger partial charge in [-0.15, -0.1) is 10.2 Å². The molecule has 2 heterocycles. The van der Waals surface area contributed by atoms with E-state index >= 15 is 0 Å². The molecule has 1 amide bonds. The Morgan fingerprint density at radius 1 is 1.10 bits per heavy atom. The summed E-state index contributed by atoms with van der Waals surface area (Å²) in [6.07, 6.45) is 0.655. The molecule has 2 aromatic heterocycles. The molecule has 0 saturated heterocycles. The number of aromatic nitrogens is 4. The van der Waals surface area contributed by atoms with Crippen molar-refractivity contribution >= 4 is 28.8 Å². The van der Waals surface area contributed by atoms with E-state index in [2.05, 4.69) is 20.6 Å². The number of anilines is 1. The van der Waals surface area contributed by atoms with Gasteiger partial charge in [-0.25, -0.2) is 8.91 Å². The van der Waals surface area contributed by atoms with Crippen molar-refractivity contribution in [3.05, 3.63) is 76.5 Å². The maximum atomic E-state index is 13.3. The fraction of sp³-hybridized carbons (Fsp3) is 0.143. The first-order chi connectivity index (χ1) is 14.0. The van der Waals surface area contributed by atoms with Gasteiger partial charge in [0.25, 0.3) is 5.91 Å². The topological polar surface area (TPSA) is 72.2 Å². The number of fused-ring (bicyclic) bond motifs is 1. The lowest BCUT2D eigenvalue weighted by Gasteiger charge is -2.08. The molecule has 0 atom stereocenters. The highest BCUT2D eigenvalue weighted by atomic mass is 35.5. The Kier molecular flexibility index (Phi) is 4.98. The van der Waals surface area contributed by atoms with Crippen molar-refractivity contribution < 1.29 is 9.18 Å². The van der Waals surface area contributed by atoms with Crippen LogP contribution >= 0.6 is 11.6 Å². The van der Waals surface area contributed by atoms with Gasteiger partial charge in [0.2, 0.25) is 0 Å². The Bertz CT molecular complexity index is 1200. The summed E-state index contributed by atoms with van der Waals surface area (Å²) in [5, 5.41) is 16.4. The molecule has 0 saturated carbocycles. The molecule has 0 aliphatic carbocycles. The Morgan fingerprint density at radius 3 is 2.45 bits per heavy atom. The Morgan fingerprint density at radius 2 is 1.79 bits per heavy atom. The first-order valence-electron chi connectivity index (χ1n) is 9.05. The van der Waals surface area contributed by atoms with E-state index in [0.717, 1.165) is 16.8 Å². The van der Waals surface area contributed by atoms with Crippen molar-refractivity contribution in [3.8, 4) is 11.1 Å². The molecule has 0 radical (unpaired) electrons. The lowest BCUT2D eigenvalue weighted by Crippen LogP contribution is -2.18. The summed E-state index contributed by atoms with van der Waals surface area (Å²) in [7, 11) is 0. The molecular formula is C21H17ClFN5O. The molecule has 0 bridgehead atoms. The minimum absolute atomic E-state index is 0.170. The zero-order valence-corrected chi connectivity index (χ0v) is 16.5. The fourth-order valence-corrected chi connectivity index (χ4v) is 3.27. The molecule has 0 unspecified atom stereocenters. The third-order valence-electron chi connectivity index (χ3n) is 4.62. The summed E-state index contributed by atoms with van der Waals surface area (Å²) in [4.78, 5) is 12.7. The number of halogens is 2. The molecule has 6 nitrogen and oxygen atoms in total. The van der Waals surface area contributed by atoms with Gasteiger partial charge in [-0.1, -0.05) is 30.7 Å². The maximum Gasteiger partial charge on any atom is 0.278 e. The van der Waals surface area contributed by atoms with Gasteiger partial charge >= 0.3 is 0 Å². The molecule has 1 N–H and O–H groups in total.